The van der Waals surface area contributed by atoms with Crippen LogP contribution in [0.3, 0.4) is 0 Å². The summed E-state index contributed by atoms with van der Waals surface area (Å²) in [5, 5.41) is 6.71. The van der Waals surface area contributed by atoms with Gasteiger partial charge in [0.25, 0.3) is 5.91 Å². The number of carbonyl (C=O) groups is 1. The Morgan fingerprint density at radius 1 is 1.25 bits per heavy atom. The molecule has 2 heterocycles. The van der Waals surface area contributed by atoms with Crippen molar-refractivity contribution in [3.8, 4) is 5.75 Å². The van der Waals surface area contributed by atoms with Gasteiger partial charge in [0.05, 0.1) is 6.61 Å². The van der Waals surface area contributed by atoms with Crippen LogP contribution in [0, 0.1) is 0 Å². The molecule has 1 amide bonds. The van der Waals surface area contributed by atoms with Gasteiger partial charge in [0.2, 0.25) is 5.95 Å². The molecule has 1 aliphatic heterocycles. The standard InChI is InChI=1S/C16H21N5O3/c1-23-9-10-24-14-4-2-3-13(11-14)15(22)20-5-7-21(8-6-20)16-17-12-18-19-16/h2-4,11-12H,5-10H2,1H3,(H,17,18,19). The van der Waals surface area contributed by atoms with Crippen molar-refractivity contribution in [3.63, 3.8) is 0 Å². The van der Waals surface area contributed by atoms with E-state index in [0.29, 0.717) is 37.6 Å². The smallest absolute Gasteiger partial charge is 0.254 e. The lowest BCUT2D eigenvalue weighted by Gasteiger charge is -2.34. The van der Waals surface area contributed by atoms with E-state index in [1.807, 2.05) is 23.1 Å². The van der Waals surface area contributed by atoms with Crippen LogP contribution in [0.25, 0.3) is 0 Å². The first-order chi connectivity index (χ1) is 11.8. The summed E-state index contributed by atoms with van der Waals surface area (Å²) in [6.07, 6.45) is 1.49. The zero-order valence-electron chi connectivity index (χ0n) is 13.6. The number of ether oxygens (including phenoxy) is 2. The molecule has 24 heavy (non-hydrogen) atoms. The largest absolute Gasteiger partial charge is 0.491 e. The van der Waals surface area contributed by atoms with Crippen molar-refractivity contribution >= 4 is 11.9 Å². The van der Waals surface area contributed by atoms with Gasteiger partial charge in [0.1, 0.15) is 18.7 Å². The lowest BCUT2D eigenvalue weighted by atomic mass is 10.1. The van der Waals surface area contributed by atoms with Gasteiger partial charge >= 0.3 is 0 Å². The predicted octanol–water partition coefficient (Wildman–Crippen LogP) is 0.792. The lowest BCUT2D eigenvalue weighted by Crippen LogP contribution is -2.49. The molecule has 0 bridgehead atoms. The molecule has 1 aromatic heterocycles. The highest BCUT2D eigenvalue weighted by Crippen LogP contribution is 2.17. The van der Waals surface area contributed by atoms with Crippen molar-refractivity contribution in [1.82, 2.24) is 20.1 Å². The van der Waals surface area contributed by atoms with Crippen molar-refractivity contribution in [1.29, 1.82) is 0 Å². The number of carbonyl (C=O) groups excluding carboxylic acids is 1. The highest BCUT2D eigenvalue weighted by atomic mass is 16.5. The number of aromatic nitrogens is 3. The number of hydrogen-bond acceptors (Lipinski definition) is 6. The number of hydrogen-bond donors (Lipinski definition) is 1. The molecule has 0 aliphatic carbocycles. The third-order valence-electron chi connectivity index (χ3n) is 3.91. The van der Waals surface area contributed by atoms with Crippen molar-refractivity contribution in [2.45, 2.75) is 0 Å². The van der Waals surface area contributed by atoms with Crippen LogP contribution in [-0.4, -0.2) is 72.5 Å². The van der Waals surface area contributed by atoms with Gasteiger partial charge in [0, 0.05) is 38.9 Å². The third-order valence-corrected chi connectivity index (χ3v) is 3.91. The molecule has 0 radical (unpaired) electrons. The number of anilines is 1. The van der Waals surface area contributed by atoms with Gasteiger partial charge in [-0.3, -0.25) is 4.79 Å². The van der Waals surface area contributed by atoms with Crippen LogP contribution in [0.5, 0.6) is 5.75 Å². The maximum Gasteiger partial charge on any atom is 0.254 e. The Labute approximate surface area is 140 Å². The maximum absolute atomic E-state index is 12.7. The van der Waals surface area contributed by atoms with Crippen molar-refractivity contribution in [2.75, 3.05) is 51.4 Å². The van der Waals surface area contributed by atoms with E-state index in [1.165, 1.54) is 6.33 Å². The fraction of sp³-hybridized carbons (Fsp3) is 0.438. The minimum atomic E-state index is 0.0180. The Kier molecular flexibility index (Phi) is 5.27. The van der Waals surface area contributed by atoms with Gasteiger partial charge in [-0.1, -0.05) is 6.07 Å². The first-order valence-corrected chi connectivity index (χ1v) is 7.89. The Hall–Kier alpha value is -2.61. The van der Waals surface area contributed by atoms with Crippen molar-refractivity contribution in [3.05, 3.63) is 36.2 Å². The molecule has 8 heteroatoms. The first kappa shape index (κ1) is 16.3. The zero-order chi connectivity index (χ0) is 16.8. The summed E-state index contributed by atoms with van der Waals surface area (Å²) < 4.78 is 10.5. The second kappa shape index (κ2) is 7.78. The molecule has 1 fully saturated rings. The van der Waals surface area contributed by atoms with E-state index < -0.39 is 0 Å². The van der Waals surface area contributed by atoms with Gasteiger partial charge in [-0.15, -0.1) is 0 Å². The number of benzene rings is 1. The highest BCUT2D eigenvalue weighted by Gasteiger charge is 2.23. The first-order valence-electron chi connectivity index (χ1n) is 7.89. The molecule has 1 aliphatic rings. The highest BCUT2D eigenvalue weighted by molar-refractivity contribution is 5.94. The van der Waals surface area contributed by atoms with Crippen LogP contribution in [0.15, 0.2) is 30.6 Å². The molecule has 2 aromatic rings. The average molecular weight is 331 g/mol. The van der Waals surface area contributed by atoms with Crippen LogP contribution >= 0.6 is 0 Å². The molecular weight excluding hydrogens is 310 g/mol. The molecular formula is C16H21N5O3. The maximum atomic E-state index is 12.7. The summed E-state index contributed by atoms with van der Waals surface area (Å²) in [5.74, 6) is 1.44. The third kappa shape index (κ3) is 3.83. The minimum absolute atomic E-state index is 0.0180. The number of nitrogens with zero attached hydrogens (tertiary/aromatic N) is 4. The van der Waals surface area contributed by atoms with Gasteiger partial charge in [0.15, 0.2) is 0 Å². The Morgan fingerprint density at radius 2 is 2.08 bits per heavy atom. The average Bonchev–Trinajstić information content (AvgIpc) is 3.16. The second-order valence-corrected chi connectivity index (χ2v) is 5.46. The molecule has 0 unspecified atom stereocenters. The van der Waals surface area contributed by atoms with Crippen molar-refractivity contribution in [2.24, 2.45) is 0 Å². The summed E-state index contributed by atoms with van der Waals surface area (Å²) in [6, 6.07) is 7.27. The van der Waals surface area contributed by atoms with Gasteiger partial charge in [-0.05, 0) is 18.2 Å². The fourth-order valence-electron chi connectivity index (χ4n) is 2.62. The Balaban J connectivity index is 1.58. The molecule has 8 nitrogen and oxygen atoms in total. The summed E-state index contributed by atoms with van der Waals surface area (Å²) in [5.41, 5.74) is 0.637. The molecule has 3 rings (SSSR count). The Morgan fingerprint density at radius 3 is 2.79 bits per heavy atom. The molecule has 0 saturated carbocycles. The van der Waals surface area contributed by atoms with Gasteiger partial charge in [-0.2, -0.15) is 10.1 Å². The topological polar surface area (TPSA) is 83.6 Å². The van der Waals surface area contributed by atoms with Gasteiger partial charge in [-0.25, -0.2) is 5.10 Å². The number of piperazine rings is 1. The van der Waals surface area contributed by atoms with E-state index in [2.05, 4.69) is 20.1 Å². The summed E-state index contributed by atoms with van der Waals surface area (Å²) in [7, 11) is 1.63. The second-order valence-electron chi connectivity index (χ2n) is 5.46. The summed E-state index contributed by atoms with van der Waals surface area (Å²) >= 11 is 0. The SMILES string of the molecule is COCCOc1cccc(C(=O)N2CCN(c3ncn[nH]3)CC2)c1. The van der Waals surface area contributed by atoms with E-state index in [0.717, 1.165) is 19.0 Å². The van der Waals surface area contributed by atoms with E-state index in [4.69, 9.17) is 9.47 Å². The number of H-pyrrole nitrogens is 1. The Bertz CT molecular complexity index is 653. The minimum Gasteiger partial charge on any atom is -0.491 e. The summed E-state index contributed by atoms with van der Waals surface area (Å²) in [4.78, 5) is 20.7. The van der Waals surface area contributed by atoms with E-state index >= 15 is 0 Å². The molecule has 1 saturated heterocycles. The van der Waals surface area contributed by atoms with Crippen LogP contribution in [-0.2, 0) is 4.74 Å². The van der Waals surface area contributed by atoms with Gasteiger partial charge < -0.3 is 19.3 Å². The molecule has 1 aromatic carbocycles. The molecule has 0 atom stereocenters. The number of nitrogens with one attached hydrogen (secondary N) is 1. The van der Waals surface area contributed by atoms with E-state index in [-0.39, 0.29) is 5.91 Å². The zero-order valence-corrected chi connectivity index (χ0v) is 13.6. The predicted molar refractivity (Wildman–Crippen MR) is 88.3 cm³/mol. The number of methoxy groups -OCH3 is 1. The number of rotatable bonds is 6. The van der Waals surface area contributed by atoms with Crippen molar-refractivity contribution < 1.29 is 14.3 Å². The molecule has 1 N–H and O–H groups in total. The van der Waals surface area contributed by atoms with Crippen LogP contribution in [0.1, 0.15) is 10.4 Å². The number of aromatic amines is 1. The molecule has 128 valence electrons. The lowest BCUT2D eigenvalue weighted by molar-refractivity contribution is 0.0745. The summed E-state index contributed by atoms with van der Waals surface area (Å²) in [6.45, 7) is 3.73. The molecule has 0 spiro atoms. The van der Waals surface area contributed by atoms with Crippen LogP contribution in [0.4, 0.5) is 5.95 Å². The fourth-order valence-corrected chi connectivity index (χ4v) is 2.62. The monoisotopic (exact) mass is 331 g/mol. The quantitative estimate of drug-likeness (QED) is 0.788. The van der Waals surface area contributed by atoms with Crippen LogP contribution in [0.2, 0.25) is 0 Å². The van der Waals surface area contributed by atoms with E-state index in [1.54, 1.807) is 13.2 Å². The van der Waals surface area contributed by atoms with Crippen LogP contribution < -0.4 is 9.64 Å². The number of amides is 1. The van der Waals surface area contributed by atoms with E-state index in [9.17, 15) is 4.79 Å². The normalized spacial score (nSPS) is 14.7.